The average Bonchev–Trinajstić information content (AvgIpc) is 2.51. The van der Waals surface area contributed by atoms with E-state index in [4.69, 9.17) is 5.73 Å². The first-order valence-corrected chi connectivity index (χ1v) is 8.24. The topological polar surface area (TPSA) is 135 Å². The maximum absolute atomic E-state index is 11.8. The van der Waals surface area contributed by atoms with Crippen molar-refractivity contribution >= 4 is 23.4 Å². The zero-order chi connectivity index (χ0) is 18.8. The number of hydrogen-bond acceptors (Lipinski definition) is 6. The van der Waals surface area contributed by atoms with E-state index >= 15 is 0 Å². The van der Waals surface area contributed by atoms with Crippen LogP contribution in [0.25, 0.3) is 0 Å². The lowest BCUT2D eigenvalue weighted by Crippen LogP contribution is -2.64. The average molecular weight is 351 g/mol. The van der Waals surface area contributed by atoms with Gasteiger partial charge in [-0.15, -0.1) is 0 Å². The quantitative estimate of drug-likeness (QED) is 0.560. The van der Waals surface area contributed by atoms with E-state index in [2.05, 4.69) is 10.3 Å². The minimum Gasteiger partial charge on any atom is -0.465 e. The molecule has 0 aliphatic carbocycles. The maximum Gasteiger partial charge on any atom is 0.407 e. The molecule has 0 aromatic carbocycles. The molecule has 9 nitrogen and oxygen atoms in total. The van der Waals surface area contributed by atoms with Crippen LogP contribution in [0.1, 0.15) is 40.0 Å². The van der Waals surface area contributed by atoms with Gasteiger partial charge < -0.3 is 21.1 Å². The molecule has 0 bridgehead atoms. The van der Waals surface area contributed by atoms with Crippen LogP contribution in [0.2, 0.25) is 0 Å². The van der Waals surface area contributed by atoms with Crippen LogP contribution in [-0.4, -0.2) is 44.6 Å². The van der Waals surface area contributed by atoms with Gasteiger partial charge in [0.05, 0.1) is 10.5 Å². The van der Waals surface area contributed by atoms with Gasteiger partial charge in [-0.3, -0.25) is 10.1 Å². The Balaban J connectivity index is 2.28. The van der Waals surface area contributed by atoms with E-state index in [1.54, 1.807) is 0 Å². The van der Waals surface area contributed by atoms with E-state index in [9.17, 15) is 20.0 Å². The van der Waals surface area contributed by atoms with Gasteiger partial charge in [0.2, 0.25) is 5.82 Å². The maximum atomic E-state index is 11.8. The molecule has 4 N–H and O–H groups in total. The molecule has 0 spiro atoms. The number of carbonyl (C=O) groups is 1. The molecule has 1 unspecified atom stereocenters. The number of nitrogens with one attached hydrogen (secondary N) is 1. The molecule has 1 aromatic heterocycles. The number of nitrogens with two attached hydrogens (primary N) is 1. The van der Waals surface area contributed by atoms with Crippen molar-refractivity contribution in [2.75, 3.05) is 24.1 Å². The van der Waals surface area contributed by atoms with Crippen molar-refractivity contribution in [3.05, 3.63) is 22.2 Å². The Hall–Kier alpha value is -2.58. The van der Waals surface area contributed by atoms with Crippen LogP contribution in [0.4, 0.5) is 22.1 Å². The number of hydrogen-bond donors (Lipinski definition) is 3. The minimum absolute atomic E-state index is 0.168. The molecule has 2 rings (SSSR count). The van der Waals surface area contributed by atoms with Crippen molar-refractivity contribution in [1.29, 1.82) is 0 Å². The second-order valence-electron chi connectivity index (χ2n) is 7.38. The van der Waals surface area contributed by atoms with Gasteiger partial charge in [-0.05, 0) is 30.7 Å². The highest BCUT2D eigenvalue weighted by Crippen LogP contribution is 2.43. The van der Waals surface area contributed by atoms with Gasteiger partial charge >= 0.3 is 11.8 Å². The second kappa shape index (κ2) is 6.73. The fourth-order valence-electron chi connectivity index (χ4n) is 3.50. The minimum atomic E-state index is -0.937. The third kappa shape index (κ3) is 3.59. The Morgan fingerprint density at radius 3 is 2.68 bits per heavy atom. The van der Waals surface area contributed by atoms with Crippen molar-refractivity contribution in [3.63, 3.8) is 0 Å². The molecular weight excluding hydrogens is 326 g/mol. The molecule has 1 aliphatic heterocycles. The number of nitrogens with zero attached hydrogens (tertiary/aromatic N) is 3. The molecule has 9 heteroatoms. The van der Waals surface area contributed by atoms with Gasteiger partial charge in [-0.2, -0.15) is 0 Å². The van der Waals surface area contributed by atoms with Gasteiger partial charge in [-0.1, -0.05) is 20.8 Å². The Morgan fingerprint density at radius 2 is 2.16 bits per heavy atom. The Kier molecular flexibility index (Phi) is 5.05. The van der Waals surface area contributed by atoms with Crippen LogP contribution in [0, 0.1) is 15.5 Å². The van der Waals surface area contributed by atoms with Crippen molar-refractivity contribution < 1.29 is 14.8 Å². The molecule has 1 aliphatic rings. The summed E-state index contributed by atoms with van der Waals surface area (Å²) in [4.78, 5) is 27.6. The number of anilines is 2. The summed E-state index contributed by atoms with van der Waals surface area (Å²) in [6.45, 7) is 6.91. The van der Waals surface area contributed by atoms with Crippen molar-refractivity contribution in [3.8, 4) is 0 Å². The number of carboxylic acid groups (broad SMARTS) is 1. The largest absolute Gasteiger partial charge is 0.465 e. The van der Waals surface area contributed by atoms with Crippen molar-refractivity contribution in [1.82, 2.24) is 9.88 Å². The first-order valence-electron chi connectivity index (χ1n) is 8.24. The number of pyridine rings is 1. The first-order chi connectivity index (χ1) is 11.6. The summed E-state index contributed by atoms with van der Waals surface area (Å²) < 4.78 is 0. The van der Waals surface area contributed by atoms with E-state index < -0.39 is 16.6 Å². The lowest BCUT2D eigenvalue weighted by atomic mass is 9.67. The predicted molar refractivity (Wildman–Crippen MR) is 94.6 cm³/mol. The highest BCUT2D eigenvalue weighted by Gasteiger charge is 2.50. The smallest absolute Gasteiger partial charge is 0.407 e. The Bertz CT molecular complexity index is 673. The number of aromatic nitrogens is 1. The lowest BCUT2D eigenvalue weighted by molar-refractivity contribution is -0.384. The van der Waals surface area contributed by atoms with E-state index in [0.29, 0.717) is 18.9 Å². The zero-order valence-electron chi connectivity index (χ0n) is 14.8. The van der Waals surface area contributed by atoms with Crippen molar-refractivity contribution in [2.45, 2.75) is 45.6 Å². The van der Waals surface area contributed by atoms with Gasteiger partial charge in [0.15, 0.2) is 0 Å². The molecule has 1 amide bonds. The highest BCUT2D eigenvalue weighted by atomic mass is 16.6. The van der Waals surface area contributed by atoms with E-state index in [0.717, 1.165) is 19.3 Å². The molecule has 1 fully saturated rings. The van der Waals surface area contributed by atoms with Crippen LogP contribution in [-0.2, 0) is 0 Å². The summed E-state index contributed by atoms with van der Waals surface area (Å²) in [6.07, 6.45) is 1.58. The van der Waals surface area contributed by atoms with Crippen LogP contribution >= 0.6 is 0 Å². The molecule has 1 aromatic rings. The molecule has 2 heterocycles. The van der Waals surface area contributed by atoms with Crippen LogP contribution < -0.4 is 11.1 Å². The van der Waals surface area contributed by atoms with Crippen LogP contribution in [0.15, 0.2) is 12.1 Å². The number of likely N-dealkylation sites (tertiary alicyclic amines) is 1. The van der Waals surface area contributed by atoms with Gasteiger partial charge in [-0.25, -0.2) is 9.78 Å². The Morgan fingerprint density at radius 1 is 1.48 bits per heavy atom. The first kappa shape index (κ1) is 18.8. The molecule has 0 radical (unpaired) electrons. The number of rotatable bonds is 4. The van der Waals surface area contributed by atoms with E-state index in [1.165, 1.54) is 17.0 Å². The standard InChI is InChI=1S/C16H25N5O4/c1-15(2,3)16(8-4-5-9-20(16)14(22)23)10-18-12-7-6-11(21(24)25)13(17)19-12/h6-7H,4-5,8-10H2,1-3H3,(H,22,23)(H3,17,18,19). The van der Waals surface area contributed by atoms with Crippen LogP contribution in [0.5, 0.6) is 0 Å². The fraction of sp³-hybridized carbons (Fsp3) is 0.625. The van der Waals surface area contributed by atoms with E-state index in [-0.39, 0.29) is 16.9 Å². The number of nitro groups is 1. The normalized spacial score (nSPS) is 21.0. The summed E-state index contributed by atoms with van der Waals surface area (Å²) in [6, 6.07) is 2.78. The fourth-order valence-corrected chi connectivity index (χ4v) is 3.50. The highest BCUT2D eigenvalue weighted by molar-refractivity contribution is 5.67. The number of amides is 1. The molecule has 0 saturated carbocycles. The number of piperidine rings is 1. The summed E-state index contributed by atoms with van der Waals surface area (Å²) in [5.41, 5.74) is 4.48. The monoisotopic (exact) mass is 351 g/mol. The molecule has 25 heavy (non-hydrogen) atoms. The summed E-state index contributed by atoms with van der Waals surface area (Å²) in [5, 5.41) is 23.6. The summed E-state index contributed by atoms with van der Waals surface area (Å²) in [5.74, 6) is 0.223. The van der Waals surface area contributed by atoms with Gasteiger partial charge in [0.25, 0.3) is 0 Å². The molecule has 1 saturated heterocycles. The Labute approximate surface area is 146 Å². The third-order valence-electron chi connectivity index (χ3n) is 5.03. The second-order valence-corrected chi connectivity index (χ2v) is 7.38. The van der Waals surface area contributed by atoms with Crippen LogP contribution in [0.3, 0.4) is 0 Å². The summed E-state index contributed by atoms with van der Waals surface area (Å²) >= 11 is 0. The third-order valence-corrected chi connectivity index (χ3v) is 5.03. The molecular formula is C16H25N5O4. The van der Waals surface area contributed by atoms with Crippen molar-refractivity contribution in [2.24, 2.45) is 5.41 Å². The molecule has 1 atom stereocenters. The summed E-state index contributed by atoms with van der Waals surface area (Å²) in [7, 11) is 0. The number of nitrogen functional groups attached to an aromatic ring is 1. The lowest BCUT2D eigenvalue weighted by Gasteiger charge is -2.53. The van der Waals surface area contributed by atoms with Gasteiger partial charge in [0.1, 0.15) is 5.82 Å². The van der Waals surface area contributed by atoms with E-state index in [1.807, 2.05) is 20.8 Å². The SMILES string of the molecule is CC(C)(C)C1(CNc2ccc([N+](=O)[O-])c(N)n2)CCCCN1C(=O)O. The predicted octanol–water partition coefficient (Wildman–Crippen LogP) is 2.93. The molecule has 138 valence electrons. The van der Waals surface area contributed by atoms with Gasteiger partial charge in [0, 0.05) is 19.2 Å². The zero-order valence-corrected chi connectivity index (χ0v) is 14.8.